The number of nitrogens with one attached hydrogen (secondary N) is 1. The molecule has 3 amide bonds. The van der Waals surface area contributed by atoms with Gasteiger partial charge in [0.1, 0.15) is 23.7 Å². The van der Waals surface area contributed by atoms with Crippen LogP contribution in [0.15, 0.2) is 54.6 Å². The summed E-state index contributed by atoms with van der Waals surface area (Å²) in [5.74, 6) is -3.64. The molecule has 4 aliphatic heterocycles. The summed E-state index contributed by atoms with van der Waals surface area (Å²) in [4.78, 5) is 59.3. The number of benzene rings is 1. The number of hydrogen-bond acceptors (Lipinski definition) is 7. The highest BCUT2D eigenvalue weighted by Gasteiger charge is 2.74. The highest BCUT2D eigenvalue weighted by atomic mass is 16.6. The Morgan fingerprint density at radius 2 is 1.82 bits per heavy atom. The third-order valence-corrected chi connectivity index (χ3v) is 9.65. The highest BCUT2D eigenvalue weighted by Crippen LogP contribution is 2.56. The molecule has 5 rings (SSSR count). The van der Waals surface area contributed by atoms with E-state index in [4.69, 9.17) is 9.47 Å². The number of aliphatic hydroxyl groups excluding tert-OH is 1. The van der Waals surface area contributed by atoms with Gasteiger partial charge in [-0.3, -0.25) is 19.2 Å². The predicted octanol–water partition coefficient (Wildman–Crippen LogP) is 2.92. The number of carbonyl (C=O) groups excluding carboxylic acids is 4. The van der Waals surface area contributed by atoms with E-state index in [0.29, 0.717) is 18.4 Å². The van der Waals surface area contributed by atoms with Gasteiger partial charge in [-0.2, -0.15) is 0 Å². The molecule has 10 nitrogen and oxygen atoms in total. The molecule has 0 aliphatic carbocycles. The second-order valence-electron chi connectivity index (χ2n) is 13.4. The topological polar surface area (TPSA) is 125 Å². The standard InChI is InChI=1S/C34H45N3O7/c1-6-21(2)23(20-38)37-29-31(41)36(33(3,4)5)18-12-8-11-15-26(39)35-19-25(22-13-9-7-10-14-22)43-32(42)27-24-16-17-34(29,44-24)28(27)30(37)40/h7-10,12-14,16-17,21,23-25,27-29,38H,6,11,15,18-20H2,1-5H3,(H,35,39)/b12-8-/t21-,23-,24+,25+,27-,28-,29+,34-/m0/s1. The minimum absolute atomic E-state index is 0.0712. The first-order valence-corrected chi connectivity index (χ1v) is 15.7. The largest absolute Gasteiger partial charge is 0.455 e. The first-order valence-electron chi connectivity index (χ1n) is 15.7. The molecule has 2 saturated heterocycles. The van der Waals surface area contributed by atoms with Crippen LogP contribution in [-0.4, -0.2) is 87.6 Å². The minimum atomic E-state index is -1.39. The SMILES string of the molecule is CC[C@H](C)[C@H](CO)N1C(=O)[C@@H]2[C@H]3C(=O)O[C@@H](c4ccccc4)CNC(=O)CC/C=C\CN(C(C)(C)C)C(=O)[C@@H]1[C@]21C=C[C@H]3O1. The number of rotatable bonds is 5. The monoisotopic (exact) mass is 607 g/mol. The Kier molecular flexibility index (Phi) is 9.05. The van der Waals surface area contributed by atoms with Crippen LogP contribution in [0, 0.1) is 17.8 Å². The molecule has 0 unspecified atom stereocenters. The van der Waals surface area contributed by atoms with E-state index in [2.05, 4.69) is 5.32 Å². The molecule has 0 saturated carbocycles. The lowest BCUT2D eigenvalue weighted by atomic mass is 9.74. The normalized spacial score (nSPS) is 33.2. The average molecular weight is 608 g/mol. The van der Waals surface area contributed by atoms with E-state index in [9.17, 15) is 24.3 Å². The Balaban J connectivity index is 1.62. The number of amides is 3. The maximum absolute atomic E-state index is 14.7. The summed E-state index contributed by atoms with van der Waals surface area (Å²) in [6, 6.07) is 7.43. The number of hydrogen-bond donors (Lipinski definition) is 2. The van der Waals surface area contributed by atoms with Crippen molar-refractivity contribution >= 4 is 23.7 Å². The number of fused-ring (bicyclic) bond motifs is 2. The Morgan fingerprint density at radius 3 is 2.48 bits per heavy atom. The van der Waals surface area contributed by atoms with Crippen LogP contribution in [-0.2, 0) is 28.7 Å². The van der Waals surface area contributed by atoms with Crippen LogP contribution < -0.4 is 5.32 Å². The van der Waals surface area contributed by atoms with Crippen LogP contribution in [0.1, 0.15) is 65.5 Å². The molecule has 1 aromatic rings. The van der Waals surface area contributed by atoms with E-state index in [1.54, 1.807) is 17.1 Å². The highest BCUT2D eigenvalue weighted by molar-refractivity contribution is 5.99. The number of ether oxygens (including phenoxy) is 2. The van der Waals surface area contributed by atoms with Gasteiger partial charge in [0.25, 0.3) is 0 Å². The predicted molar refractivity (Wildman–Crippen MR) is 163 cm³/mol. The summed E-state index contributed by atoms with van der Waals surface area (Å²) in [6.07, 6.45) is 7.11. The van der Waals surface area contributed by atoms with Gasteiger partial charge < -0.3 is 29.7 Å². The zero-order valence-electron chi connectivity index (χ0n) is 26.3. The van der Waals surface area contributed by atoms with E-state index in [0.717, 1.165) is 0 Å². The number of nitrogens with zero attached hydrogens (tertiary/aromatic N) is 2. The van der Waals surface area contributed by atoms with Gasteiger partial charge in [-0.05, 0) is 38.7 Å². The molecule has 8 atom stereocenters. The summed E-state index contributed by atoms with van der Waals surface area (Å²) >= 11 is 0. The quantitative estimate of drug-likeness (QED) is 0.390. The van der Waals surface area contributed by atoms with Crippen molar-refractivity contribution in [1.82, 2.24) is 15.1 Å². The molecule has 4 aliphatic rings. The van der Waals surface area contributed by atoms with E-state index >= 15 is 0 Å². The first-order chi connectivity index (χ1) is 20.9. The van der Waals surface area contributed by atoms with Crippen molar-refractivity contribution in [2.24, 2.45) is 17.8 Å². The van der Waals surface area contributed by atoms with Crippen molar-refractivity contribution in [3.8, 4) is 0 Å². The van der Waals surface area contributed by atoms with Crippen LogP contribution >= 0.6 is 0 Å². The summed E-state index contributed by atoms with van der Waals surface area (Å²) < 4.78 is 12.6. The molecule has 1 aromatic carbocycles. The van der Waals surface area contributed by atoms with Gasteiger partial charge in [0.05, 0.1) is 31.2 Å². The Labute approximate surface area is 259 Å². The van der Waals surface area contributed by atoms with E-state index < -0.39 is 59.1 Å². The van der Waals surface area contributed by atoms with Gasteiger partial charge in [0, 0.05) is 18.5 Å². The van der Waals surface area contributed by atoms with Crippen molar-refractivity contribution in [3.63, 3.8) is 0 Å². The van der Waals surface area contributed by atoms with E-state index in [1.807, 2.05) is 77.1 Å². The van der Waals surface area contributed by atoms with Crippen molar-refractivity contribution in [1.29, 1.82) is 0 Å². The van der Waals surface area contributed by atoms with Crippen molar-refractivity contribution in [3.05, 3.63) is 60.2 Å². The third kappa shape index (κ3) is 5.58. The molecule has 0 radical (unpaired) electrons. The van der Waals surface area contributed by atoms with E-state index in [1.165, 1.54) is 4.90 Å². The molecule has 1 spiro atoms. The molecule has 5 bridgehead atoms. The van der Waals surface area contributed by atoms with Gasteiger partial charge in [-0.1, -0.05) is 74.9 Å². The van der Waals surface area contributed by atoms with E-state index in [-0.39, 0.29) is 43.8 Å². The van der Waals surface area contributed by atoms with Gasteiger partial charge in [0.15, 0.2) is 0 Å². The lowest BCUT2D eigenvalue weighted by Gasteiger charge is -2.44. The molecule has 10 heteroatoms. The fourth-order valence-corrected chi connectivity index (χ4v) is 7.09. The Bertz CT molecular complexity index is 1320. The fourth-order valence-electron chi connectivity index (χ4n) is 7.09. The van der Waals surface area contributed by atoms with Crippen LogP contribution in [0.3, 0.4) is 0 Å². The van der Waals surface area contributed by atoms with Gasteiger partial charge in [0.2, 0.25) is 17.7 Å². The minimum Gasteiger partial charge on any atom is -0.455 e. The summed E-state index contributed by atoms with van der Waals surface area (Å²) in [7, 11) is 0. The number of likely N-dealkylation sites (tertiary alicyclic amines) is 1. The van der Waals surface area contributed by atoms with Gasteiger partial charge in [-0.15, -0.1) is 0 Å². The van der Waals surface area contributed by atoms with Crippen LogP contribution in [0.5, 0.6) is 0 Å². The smallest absolute Gasteiger partial charge is 0.313 e. The van der Waals surface area contributed by atoms with Crippen molar-refractivity contribution in [2.45, 2.75) is 89.3 Å². The summed E-state index contributed by atoms with van der Waals surface area (Å²) in [5.41, 5.74) is -1.31. The van der Waals surface area contributed by atoms with Crippen molar-refractivity contribution < 1.29 is 33.8 Å². The molecular formula is C34H45N3O7. The molecule has 4 heterocycles. The number of esters is 1. The molecule has 2 N–H and O–H groups in total. The zero-order chi connectivity index (χ0) is 31.8. The molecule has 238 valence electrons. The molecule has 0 aromatic heterocycles. The van der Waals surface area contributed by atoms with Crippen molar-refractivity contribution in [2.75, 3.05) is 19.7 Å². The number of allylic oxidation sites excluding steroid dienone is 1. The van der Waals surface area contributed by atoms with Crippen LogP contribution in [0.25, 0.3) is 0 Å². The number of cyclic esters (lactones) is 1. The Hall–Kier alpha value is -3.50. The third-order valence-electron chi connectivity index (χ3n) is 9.65. The van der Waals surface area contributed by atoms with Crippen LogP contribution in [0.2, 0.25) is 0 Å². The maximum atomic E-state index is 14.7. The summed E-state index contributed by atoms with van der Waals surface area (Å²) in [5, 5.41) is 13.5. The average Bonchev–Trinajstić information content (AvgIpc) is 3.64. The molecular weight excluding hydrogens is 562 g/mol. The second-order valence-corrected chi connectivity index (χ2v) is 13.4. The number of carbonyl (C=O) groups is 4. The van der Waals surface area contributed by atoms with Gasteiger partial charge in [-0.25, -0.2) is 0 Å². The van der Waals surface area contributed by atoms with Crippen LogP contribution in [0.4, 0.5) is 0 Å². The summed E-state index contributed by atoms with van der Waals surface area (Å²) in [6.45, 7) is 9.70. The second kappa shape index (κ2) is 12.5. The zero-order valence-corrected chi connectivity index (χ0v) is 26.3. The maximum Gasteiger partial charge on any atom is 0.313 e. The van der Waals surface area contributed by atoms with Gasteiger partial charge >= 0.3 is 5.97 Å². The molecule has 2 fully saturated rings. The number of aliphatic hydroxyl groups is 1. The fraction of sp³-hybridized carbons (Fsp3) is 0.588. The first kappa shape index (κ1) is 31.9. The Morgan fingerprint density at radius 1 is 1.09 bits per heavy atom. The molecule has 44 heavy (non-hydrogen) atoms. The lowest BCUT2D eigenvalue weighted by molar-refractivity contribution is -0.161. The lowest BCUT2D eigenvalue weighted by Crippen LogP contribution is -2.62.